The lowest BCUT2D eigenvalue weighted by Gasteiger charge is -2.22. The first-order valence-corrected chi connectivity index (χ1v) is 7.49. The number of aromatic nitrogens is 1. The number of nitrogens with zero attached hydrogens (tertiary/aromatic N) is 2. The first-order valence-electron chi connectivity index (χ1n) is 7.49. The van der Waals surface area contributed by atoms with Gasteiger partial charge in [-0.05, 0) is 30.7 Å². The number of phenolic OH excluding ortho intramolecular Hbond substituents is 1. The number of benzene rings is 1. The summed E-state index contributed by atoms with van der Waals surface area (Å²) in [4.78, 5) is 17.9. The molecule has 1 aromatic carbocycles. The molecular weight excluding hydrogens is 365 g/mol. The Kier molecular flexibility index (Phi) is 7.48. The molecule has 25 heavy (non-hydrogen) atoms. The van der Waals surface area contributed by atoms with Gasteiger partial charge in [0, 0.05) is 30.1 Å². The monoisotopic (exact) mass is 385 g/mol. The van der Waals surface area contributed by atoms with Gasteiger partial charge in [0.15, 0.2) is 11.5 Å². The lowest BCUT2D eigenvalue weighted by Crippen LogP contribution is -2.42. The normalized spacial score (nSPS) is 14.1. The number of aromatic hydroxyl groups is 1. The van der Waals surface area contributed by atoms with Crippen LogP contribution < -0.4 is 10.5 Å². The van der Waals surface area contributed by atoms with E-state index in [1.54, 1.807) is 30.3 Å². The number of fused-ring (bicyclic) bond motifs is 1. The number of hydrogen-bond acceptors (Lipinski definition) is 5. The van der Waals surface area contributed by atoms with Crippen LogP contribution in [0.25, 0.3) is 11.1 Å². The van der Waals surface area contributed by atoms with Crippen molar-refractivity contribution >= 4 is 30.7 Å². The van der Waals surface area contributed by atoms with Gasteiger partial charge in [0.25, 0.3) is 0 Å². The lowest BCUT2D eigenvalue weighted by molar-refractivity contribution is -0.132. The molecule has 0 spiro atoms. The highest BCUT2D eigenvalue weighted by molar-refractivity contribution is 5.85. The number of hydrogen-bond donors (Lipinski definition) is 2. The number of rotatable bonds is 2. The van der Waals surface area contributed by atoms with E-state index in [9.17, 15) is 9.90 Å². The Morgan fingerprint density at radius 3 is 2.76 bits per heavy atom. The first-order chi connectivity index (χ1) is 11.1. The summed E-state index contributed by atoms with van der Waals surface area (Å²) in [7, 11) is 0. The molecule has 3 rings (SSSR count). The maximum Gasteiger partial charge on any atom is 0.239 e. The van der Waals surface area contributed by atoms with E-state index in [0.717, 1.165) is 16.7 Å². The Hall–Kier alpha value is -2.02. The van der Waals surface area contributed by atoms with E-state index in [-0.39, 0.29) is 36.5 Å². The number of carbonyl (C=O) groups excluding carboxylic acids is 1. The number of pyridine rings is 1. The Morgan fingerprint density at radius 2 is 2.12 bits per heavy atom. The number of halogens is 2. The van der Waals surface area contributed by atoms with Crippen molar-refractivity contribution < 1.29 is 14.6 Å². The molecule has 1 atom stereocenters. The quantitative estimate of drug-likeness (QED) is 0.827. The smallest absolute Gasteiger partial charge is 0.239 e. The highest BCUT2D eigenvalue weighted by atomic mass is 35.5. The SMILES string of the molecule is C[C@H](N)C(=O)N1CCOc2c(O)cc(-c3cccnc3)cc2C1.Cl.Cl. The molecule has 0 saturated carbocycles. The van der Waals surface area contributed by atoms with Gasteiger partial charge >= 0.3 is 0 Å². The summed E-state index contributed by atoms with van der Waals surface area (Å²) in [5, 5.41) is 10.3. The summed E-state index contributed by atoms with van der Waals surface area (Å²) in [6, 6.07) is 6.75. The van der Waals surface area contributed by atoms with Gasteiger partial charge in [-0.3, -0.25) is 9.78 Å². The molecule has 0 radical (unpaired) electrons. The predicted molar refractivity (Wildman–Crippen MR) is 100 cm³/mol. The second kappa shape index (κ2) is 8.89. The van der Waals surface area contributed by atoms with Crippen LogP contribution in [0.4, 0.5) is 0 Å². The minimum atomic E-state index is -0.563. The molecule has 136 valence electrons. The van der Waals surface area contributed by atoms with Crippen molar-refractivity contribution in [3.8, 4) is 22.6 Å². The van der Waals surface area contributed by atoms with Crippen LogP contribution in [-0.2, 0) is 11.3 Å². The molecule has 0 fully saturated rings. The average molecular weight is 386 g/mol. The third-order valence-corrected chi connectivity index (χ3v) is 3.81. The number of nitrogens with two attached hydrogens (primary N) is 1. The van der Waals surface area contributed by atoms with Gasteiger partial charge in [0.2, 0.25) is 5.91 Å². The van der Waals surface area contributed by atoms with Crippen molar-refractivity contribution in [3.05, 3.63) is 42.2 Å². The number of amides is 1. The van der Waals surface area contributed by atoms with Crippen LogP contribution in [0.3, 0.4) is 0 Å². The van der Waals surface area contributed by atoms with Crippen molar-refractivity contribution in [2.45, 2.75) is 19.5 Å². The van der Waals surface area contributed by atoms with Gasteiger partial charge in [0.1, 0.15) is 6.61 Å². The molecule has 2 heterocycles. The van der Waals surface area contributed by atoms with Gasteiger partial charge in [-0.2, -0.15) is 0 Å². The van der Waals surface area contributed by atoms with E-state index in [4.69, 9.17) is 10.5 Å². The average Bonchev–Trinajstić information content (AvgIpc) is 2.77. The standard InChI is InChI=1S/C17H19N3O3.2ClH/c1-11(18)17(22)20-5-6-23-16-14(10-20)7-13(8-15(16)21)12-3-2-4-19-9-12;;/h2-4,7-9,11,21H,5-6,10,18H2,1H3;2*1H/t11-;;/m0../s1. The summed E-state index contributed by atoms with van der Waals surface area (Å²) < 4.78 is 5.63. The number of phenols is 1. The molecule has 8 heteroatoms. The topological polar surface area (TPSA) is 88.7 Å². The van der Waals surface area contributed by atoms with Crippen LogP contribution in [0.1, 0.15) is 12.5 Å². The zero-order valence-corrected chi connectivity index (χ0v) is 15.3. The fraction of sp³-hybridized carbons (Fsp3) is 0.294. The lowest BCUT2D eigenvalue weighted by atomic mass is 10.0. The van der Waals surface area contributed by atoms with E-state index < -0.39 is 6.04 Å². The zero-order valence-electron chi connectivity index (χ0n) is 13.7. The third kappa shape index (κ3) is 4.54. The van der Waals surface area contributed by atoms with E-state index in [1.807, 2.05) is 18.2 Å². The molecule has 6 nitrogen and oxygen atoms in total. The fourth-order valence-corrected chi connectivity index (χ4v) is 2.68. The van der Waals surface area contributed by atoms with Crippen molar-refractivity contribution in [2.24, 2.45) is 5.73 Å². The number of carbonyl (C=O) groups is 1. The largest absolute Gasteiger partial charge is 0.504 e. The van der Waals surface area contributed by atoms with Gasteiger partial charge in [-0.25, -0.2) is 0 Å². The second-order valence-corrected chi connectivity index (χ2v) is 5.62. The van der Waals surface area contributed by atoms with Crippen molar-refractivity contribution in [2.75, 3.05) is 13.2 Å². The van der Waals surface area contributed by atoms with E-state index >= 15 is 0 Å². The summed E-state index contributed by atoms with van der Waals surface area (Å²) in [6.45, 7) is 2.79. The molecule has 1 aliphatic heterocycles. The summed E-state index contributed by atoms with van der Waals surface area (Å²) in [5.41, 5.74) is 8.17. The third-order valence-electron chi connectivity index (χ3n) is 3.81. The summed E-state index contributed by atoms with van der Waals surface area (Å²) >= 11 is 0. The van der Waals surface area contributed by atoms with Gasteiger partial charge in [0.05, 0.1) is 12.6 Å². The molecule has 0 saturated heterocycles. The van der Waals surface area contributed by atoms with Gasteiger partial charge in [-0.15, -0.1) is 24.8 Å². The molecule has 1 amide bonds. The van der Waals surface area contributed by atoms with Crippen LogP contribution in [0.2, 0.25) is 0 Å². The Labute approximate surface area is 158 Å². The van der Waals surface area contributed by atoms with Crippen LogP contribution in [-0.4, -0.2) is 40.1 Å². The highest BCUT2D eigenvalue weighted by Crippen LogP contribution is 2.37. The van der Waals surface area contributed by atoms with E-state index in [1.165, 1.54) is 0 Å². The fourth-order valence-electron chi connectivity index (χ4n) is 2.68. The van der Waals surface area contributed by atoms with Crippen molar-refractivity contribution in [1.82, 2.24) is 9.88 Å². The molecule has 0 unspecified atom stereocenters. The summed E-state index contributed by atoms with van der Waals surface area (Å²) in [5.74, 6) is 0.363. The Bertz CT molecular complexity index is 727. The Balaban J connectivity index is 0.00000156. The van der Waals surface area contributed by atoms with Crippen LogP contribution in [0.5, 0.6) is 11.5 Å². The number of ether oxygens (including phenoxy) is 1. The minimum Gasteiger partial charge on any atom is -0.504 e. The maximum atomic E-state index is 12.2. The molecule has 2 aromatic rings. The van der Waals surface area contributed by atoms with E-state index in [0.29, 0.717) is 25.4 Å². The van der Waals surface area contributed by atoms with Gasteiger partial charge < -0.3 is 20.5 Å². The summed E-state index contributed by atoms with van der Waals surface area (Å²) in [6.07, 6.45) is 3.42. The first kappa shape index (κ1) is 21.0. The highest BCUT2D eigenvalue weighted by Gasteiger charge is 2.24. The molecule has 1 aromatic heterocycles. The van der Waals surface area contributed by atoms with Crippen LogP contribution in [0.15, 0.2) is 36.7 Å². The minimum absolute atomic E-state index is 0. The molecule has 1 aliphatic rings. The van der Waals surface area contributed by atoms with Crippen molar-refractivity contribution in [1.29, 1.82) is 0 Å². The molecular formula is C17H21Cl2N3O3. The molecule has 0 bridgehead atoms. The van der Waals surface area contributed by atoms with E-state index in [2.05, 4.69) is 4.98 Å². The van der Waals surface area contributed by atoms with Crippen LogP contribution in [0, 0.1) is 0 Å². The Morgan fingerprint density at radius 1 is 1.36 bits per heavy atom. The zero-order chi connectivity index (χ0) is 16.4. The maximum absolute atomic E-state index is 12.2. The van der Waals surface area contributed by atoms with Crippen molar-refractivity contribution in [3.63, 3.8) is 0 Å². The van der Waals surface area contributed by atoms with Gasteiger partial charge in [-0.1, -0.05) is 6.07 Å². The predicted octanol–water partition coefficient (Wildman–Crippen LogP) is 2.37. The molecule has 3 N–H and O–H groups in total. The molecule has 0 aliphatic carbocycles. The second-order valence-electron chi connectivity index (χ2n) is 5.62. The van der Waals surface area contributed by atoms with Crippen LogP contribution >= 0.6 is 24.8 Å².